The number of methoxy groups -OCH3 is 1. The van der Waals surface area contributed by atoms with E-state index in [9.17, 15) is 18.0 Å². The van der Waals surface area contributed by atoms with E-state index in [-0.39, 0.29) is 16.3 Å². The van der Waals surface area contributed by atoms with Gasteiger partial charge in [-0.05, 0) is 41.5 Å². The summed E-state index contributed by atoms with van der Waals surface area (Å²) in [7, 11) is 0.501. The first kappa shape index (κ1) is 24.0. The predicted octanol–water partition coefficient (Wildman–Crippen LogP) is 3.41. The zero-order chi connectivity index (χ0) is 24.0. The van der Waals surface area contributed by atoms with Gasteiger partial charge in [-0.1, -0.05) is 42.5 Å². The first-order valence-electron chi connectivity index (χ1n) is 9.95. The summed E-state index contributed by atoms with van der Waals surface area (Å²) in [6.07, 6.45) is 0. The summed E-state index contributed by atoms with van der Waals surface area (Å²) in [4.78, 5) is 24.7. The van der Waals surface area contributed by atoms with Crippen LogP contribution in [0.2, 0.25) is 0 Å². The largest absolute Gasteiger partial charge is 0.495 e. The van der Waals surface area contributed by atoms with Crippen LogP contribution in [0.5, 0.6) is 5.75 Å². The Kier molecular flexibility index (Phi) is 7.47. The third kappa shape index (κ3) is 5.76. The standard InChI is InChI=1S/C24H24N2O6S/c1-26(2)33(29,30)20-13-14-22(31-3)21(15-20)25-23(27)16-32-24(28)19-11-9-18(10-12-19)17-7-5-4-6-8-17/h4-15H,16H2,1-3H3,(H,25,27). The molecule has 0 atom stereocenters. The molecule has 0 bridgehead atoms. The molecule has 0 aromatic heterocycles. The Hall–Kier alpha value is -3.69. The number of nitrogens with zero attached hydrogens (tertiary/aromatic N) is 1. The molecule has 9 heteroatoms. The molecule has 33 heavy (non-hydrogen) atoms. The van der Waals surface area contributed by atoms with Crippen LogP contribution in [0.25, 0.3) is 11.1 Å². The van der Waals surface area contributed by atoms with Gasteiger partial charge in [-0.25, -0.2) is 17.5 Å². The minimum atomic E-state index is -3.70. The molecule has 8 nitrogen and oxygen atoms in total. The van der Waals surface area contributed by atoms with E-state index in [2.05, 4.69) is 5.32 Å². The first-order chi connectivity index (χ1) is 15.7. The Balaban J connectivity index is 1.65. The highest BCUT2D eigenvalue weighted by molar-refractivity contribution is 7.89. The van der Waals surface area contributed by atoms with Gasteiger partial charge in [-0.2, -0.15) is 0 Å². The third-order valence-electron chi connectivity index (χ3n) is 4.79. The van der Waals surface area contributed by atoms with Crippen molar-refractivity contribution < 1.29 is 27.5 Å². The molecular formula is C24H24N2O6S. The van der Waals surface area contributed by atoms with E-state index in [1.807, 2.05) is 30.3 Å². The third-order valence-corrected chi connectivity index (χ3v) is 6.60. The van der Waals surface area contributed by atoms with Gasteiger partial charge in [0.15, 0.2) is 6.61 Å². The average molecular weight is 469 g/mol. The highest BCUT2D eigenvalue weighted by Gasteiger charge is 2.20. The fourth-order valence-corrected chi connectivity index (χ4v) is 3.91. The number of benzene rings is 3. The Morgan fingerprint density at radius 3 is 2.15 bits per heavy atom. The van der Waals surface area contributed by atoms with Crippen molar-refractivity contribution in [2.45, 2.75) is 4.90 Å². The topological polar surface area (TPSA) is 102 Å². The smallest absolute Gasteiger partial charge is 0.338 e. The van der Waals surface area contributed by atoms with Crippen LogP contribution in [-0.2, 0) is 19.6 Å². The van der Waals surface area contributed by atoms with Gasteiger partial charge >= 0.3 is 5.97 Å². The van der Waals surface area contributed by atoms with Crippen molar-refractivity contribution in [1.29, 1.82) is 0 Å². The molecule has 172 valence electrons. The maximum atomic E-state index is 12.4. The lowest BCUT2D eigenvalue weighted by Gasteiger charge is -2.15. The molecule has 3 rings (SSSR count). The zero-order valence-corrected chi connectivity index (χ0v) is 19.3. The molecule has 0 aliphatic rings. The Morgan fingerprint density at radius 2 is 1.55 bits per heavy atom. The van der Waals surface area contributed by atoms with Crippen molar-refractivity contribution in [3.05, 3.63) is 78.4 Å². The minimum absolute atomic E-state index is 0.0147. The van der Waals surface area contributed by atoms with Gasteiger partial charge in [0, 0.05) is 14.1 Å². The van der Waals surface area contributed by atoms with Crippen LogP contribution in [0.15, 0.2) is 77.7 Å². The second kappa shape index (κ2) is 10.3. The van der Waals surface area contributed by atoms with Gasteiger partial charge in [-0.3, -0.25) is 4.79 Å². The van der Waals surface area contributed by atoms with E-state index >= 15 is 0 Å². The van der Waals surface area contributed by atoms with E-state index in [1.54, 1.807) is 24.3 Å². The molecule has 0 spiro atoms. The summed E-state index contributed by atoms with van der Waals surface area (Å²) in [6.45, 7) is -0.549. The summed E-state index contributed by atoms with van der Waals surface area (Å²) in [5.41, 5.74) is 2.42. The fraction of sp³-hybridized carbons (Fsp3) is 0.167. The van der Waals surface area contributed by atoms with Gasteiger partial charge in [0.25, 0.3) is 5.91 Å². The van der Waals surface area contributed by atoms with E-state index in [4.69, 9.17) is 9.47 Å². The summed E-state index contributed by atoms with van der Waals surface area (Å²) >= 11 is 0. The molecule has 0 aliphatic carbocycles. The number of anilines is 1. The Labute approximate surface area is 192 Å². The predicted molar refractivity (Wildman–Crippen MR) is 125 cm³/mol. The number of sulfonamides is 1. The van der Waals surface area contributed by atoms with Crippen LogP contribution < -0.4 is 10.1 Å². The van der Waals surface area contributed by atoms with Crippen molar-refractivity contribution in [2.75, 3.05) is 33.1 Å². The van der Waals surface area contributed by atoms with E-state index in [1.165, 1.54) is 39.4 Å². The SMILES string of the molecule is COc1ccc(S(=O)(=O)N(C)C)cc1NC(=O)COC(=O)c1ccc(-c2ccccc2)cc1. The maximum absolute atomic E-state index is 12.4. The number of rotatable bonds is 8. The molecule has 0 saturated carbocycles. The summed E-state index contributed by atoms with van der Waals surface area (Å²) in [5.74, 6) is -1.02. The number of ether oxygens (including phenoxy) is 2. The fourth-order valence-electron chi connectivity index (χ4n) is 2.99. The molecule has 0 radical (unpaired) electrons. The summed E-state index contributed by atoms with van der Waals surface area (Å²) in [5, 5.41) is 2.53. The number of carbonyl (C=O) groups is 2. The van der Waals surface area contributed by atoms with Crippen LogP contribution in [0.4, 0.5) is 5.69 Å². The van der Waals surface area contributed by atoms with Crippen LogP contribution in [0, 0.1) is 0 Å². The number of carbonyl (C=O) groups excluding carboxylic acids is 2. The molecule has 0 unspecified atom stereocenters. The van der Waals surface area contributed by atoms with Crippen LogP contribution in [-0.4, -0.2) is 52.4 Å². The lowest BCUT2D eigenvalue weighted by atomic mass is 10.0. The molecule has 1 N–H and O–H groups in total. The molecule has 0 fully saturated rings. The second-order valence-electron chi connectivity index (χ2n) is 7.22. The minimum Gasteiger partial charge on any atom is -0.495 e. The number of hydrogen-bond acceptors (Lipinski definition) is 6. The molecule has 0 aliphatic heterocycles. The quantitative estimate of drug-likeness (QED) is 0.509. The number of amides is 1. The normalized spacial score (nSPS) is 11.2. The van der Waals surface area contributed by atoms with Gasteiger partial charge in [0.2, 0.25) is 10.0 Å². The van der Waals surface area contributed by atoms with Gasteiger partial charge in [-0.15, -0.1) is 0 Å². The lowest BCUT2D eigenvalue weighted by Crippen LogP contribution is -2.23. The second-order valence-corrected chi connectivity index (χ2v) is 9.37. The van der Waals surface area contributed by atoms with Crippen molar-refractivity contribution in [2.24, 2.45) is 0 Å². The first-order valence-corrected chi connectivity index (χ1v) is 11.4. The van der Waals surface area contributed by atoms with Crippen molar-refractivity contribution in [1.82, 2.24) is 4.31 Å². The van der Waals surface area contributed by atoms with Gasteiger partial charge in [0.05, 0.1) is 23.3 Å². The summed E-state index contributed by atoms with van der Waals surface area (Å²) < 4.78 is 36.1. The van der Waals surface area contributed by atoms with Crippen LogP contribution >= 0.6 is 0 Å². The lowest BCUT2D eigenvalue weighted by molar-refractivity contribution is -0.119. The molecule has 1 amide bonds. The average Bonchev–Trinajstić information content (AvgIpc) is 2.83. The molecular weight excluding hydrogens is 444 g/mol. The van der Waals surface area contributed by atoms with Gasteiger partial charge in [0.1, 0.15) is 5.75 Å². The van der Waals surface area contributed by atoms with Crippen molar-refractivity contribution in [3.8, 4) is 16.9 Å². The highest BCUT2D eigenvalue weighted by Crippen LogP contribution is 2.28. The van der Waals surface area contributed by atoms with Gasteiger partial charge < -0.3 is 14.8 Å². The van der Waals surface area contributed by atoms with E-state index < -0.39 is 28.5 Å². The zero-order valence-electron chi connectivity index (χ0n) is 18.4. The van der Waals surface area contributed by atoms with Crippen LogP contribution in [0.1, 0.15) is 10.4 Å². The highest BCUT2D eigenvalue weighted by atomic mass is 32.2. The van der Waals surface area contributed by atoms with E-state index in [0.717, 1.165) is 15.4 Å². The summed E-state index contributed by atoms with van der Waals surface area (Å²) in [6, 6.07) is 20.7. The Morgan fingerprint density at radius 1 is 0.909 bits per heavy atom. The monoisotopic (exact) mass is 468 g/mol. The number of hydrogen-bond donors (Lipinski definition) is 1. The van der Waals surface area contributed by atoms with Crippen molar-refractivity contribution >= 4 is 27.6 Å². The van der Waals surface area contributed by atoms with E-state index in [0.29, 0.717) is 5.56 Å². The Bertz CT molecular complexity index is 1240. The van der Waals surface area contributed by atoms with Crippen molar-refractivity contribution in [3.63, 3.8) is 0 Å². The molecule has 3 aromatic rings. The molecule has 3 aromatic carbocycles. The number of esters is 1. The molecule has 0 heterocycles. The molecule has 0 saturated heterocycles. The maximum Gasteiger partial charge on any atom is 0.338 e. The van der Waals surface area contributed by atoms with Crippen LogP contribution in [0.3, 0.4) is 0 Å². The number of nitrogens with one attached hydrogen (secondary N) is 1.